The van der Waals surface area contributed by atoms with E-state index in [4.69, 9.17) is 30.2 Å². The van der Waals surface area contributed by atoms with Gasteiger partial charge in [-0.25, -0.2) is 9.97 Å². The molecule has 4 bridgehead atoms. The molecule has 4 aromatic rings. The number of aryl methyl sites for hydroxylation is 1. The van der Waals surface area contributed by atoms with E-state index in [1.807, 2.05) is 56.3 Å². The van der Waals surface area contributed by atoms with Gasteiger partial charge in [-0.15, -0.1) is 0 Å². The number of fused-ring (bicyclic) bond motifs is 4. The number of para-hydroxylation sites is 1. The Morgan fingerprint density at radius 1 is 1.06 bits per heavy atom. The first-order valence-corrected chi connectivity index (χ1v) is 16.8. The first-order chi connectivity index (χ1) is 22.6. The third kappa shape index (κ3) is 4.63. The molecule has 11 heteroatoms. The molecule has 47 heavy (non-hydrogen) atoms. The van der Waals surface area contributed by atoms with Crippen molar-refractivity contribution in [3.63, 3.8) is 0 Å². The topological polar surface area (TPSA) is 140 Å². The van der Waals surface area contributed by atoms with Crippen molar-refractivity contribution in [1.29, 1.82) is 0 Å². The highest BCUT2D eigenvalue weighted by Crippen LogP contribution is 2.59. The van der Waals surface area contributed by atoms with Crippen molar-refractivity contribution in [2.75, 3.05) is 5.32 Å². The van der Waals surface area contributed by atoms with E-state index in [0.717, 1.165) is 41.6 Å². The highest BCUT2D eigenvalue weighted by Gasteiger charge is 2.61. The summed E-state index contributed by atoms with van der Waals surface area (Å²) in [5, 5.41) is 18.2. The number of nitrogens with one attached hydrogen (secondary N) is 2. The Bertz CT molecular complexity index is 1890. The Labute approximate surface area is 277 Å². The summed E-state index contributed by atoms with van der Waals surface area (Å²) in [6, 6.07) is 13.2. The lowest BCUT2D eigenvalue weighted by molar-refractivity contribution is -0.144. The molecule has 5 heterocycles. The normalized spacial score (nSPS) is 25.6. The van der Waals surface area contributed by atoms with Gasteiger partial charge < -0.3 is 29.3 Å². The van der Waals surface area contributed by atoms with Crippen LogP contribution in [-0.2, 0) is 21.4 Å². The quantitative estimate of drug-likeness (QED) is 0.222. The largest absolute Gasteiger partial charge is 0.469 e. The first kappa shape index (κ1) is 30.2. The van der Waals surface area contributed by atoms with Gasteiger partial charge in [-0.3, -0.25) is 9.59 Å². The monoisotopic (exact) mass is 656 g/mol. The number of aliphatic hydroxyl groups is 1. The molecular weight excluding hydrogens is 620 g/mol. The predicted molar refractivity (Wildman–Crippen MR) is 173 cm³/mol. The average Bonchev–Trinajstić information content (AvgIpc) is 3.79. The summed E-state index contributed by atoms with van der Waals surface area (Å²) in [6.07, 6.45) is 3.08. The van der Waals surface area contributed by atoms with Gasteiger partial charge in [0.25, 0.3) is 5.89 Å². The van der Waals surface area contributed by atoms with Gasteiger partial charge in [0.1, 0.15) is 22.8 Å². The zero-order valence-corrected chi connectivity index (χ0v) is 27.3. The van der Waals surface area contributed by atoms with Gasteiger partial charge in [0.05, 0.1) is 5.69 Å². The van der Waals surface area contributed by atoms with E-state index in [-0.39, 0.29) is 41.0 Å². The summed E-state index contributed by atoms with van der Waals surface area (Å²) in [5.41, 5.74) is 2.02. The van der Waals surface area contributed by atoms with Crippen LogP contribution in [0.25, 0.3) is 11.6 Å². The number of halogens is 1. The van der Waals surface area contributed by atoms with E-state index in [1.165, 1.54) is 0 Å². The van der Waals surface area contributed by atoms with Crippen molar-refractivity contribution >= 4 is 29.0 Å². The molecule has 10 nitrogen and oxygen atoms in total. The van der Waals surface area contributed by atoms with Gasteiger partial charge in [-0.05, 0) is 67.0 Å². The summed E-state index contributed by atoms with van der Waals surface area (Å²) >= 11 is 6.38. The van der Waals surface area contributed by atoms with E-state index in [9.17, 15) is 14.7 Å². The Kier molecular flexibility index (Phi) is 7.04. The van der Waals surface area contributed by atoms with Crippen molar-refractivity contribution in [3.8, 4) is 17.3 Å². The molecule has 1 aliphatic carbocycles. The maximum atomic E-state index is 14.2. The van der Waals surface area contributed by atoms with E-state index in [2.05, 4.69) is 15.6 Å². The number of hydrogen-bond donors (Lipinski definition) is 3. The number of ether oxygens (including phenoxy) is 1. The van der Waals surface area contributed by atoms with Crippen LogP contribution in [0.4, 0.5) is 5.69 Å². The van der Waals surface area contributed by atoms with Crippen LogP contribution in [0.15, 0.2) is 51.3 Å². The van der Waals surface area contributed by atoms with Gasteiger partial charge in [0, 0.05) is 23.6 Å². The van der Waals surface area contributed by atoms with Crippen LogP contribution >= 0.6 is 11.6 Å². The molecule has 4 aliphatic rings. The maximum absolute atomic E-state index is 14.2. The number of benzene rings is 2. The number of rotatable bonds is 5. The number of carbonyl (C=O) groups is 2. The second kappa shape index (κ2) is 11.0. The lowest BCUT2D eigenvalue weighted by Gasteiger charge is -2.32. The molecule has 1 fully saturated rings. The van der Waals surface area contributed by atoms with Crippen molar-refractivity contribution < 1.29 is 28.3 Å². The van der Waals surface area contributed by atoms with Gasteiger partial charge in [0.2, 0.25) is 17.0 Å². The number of carbonyl (C=O) groups excluding carboxylic acids is 2. The Hall–Kier alpha value is -4.15. The zero-order valence-electron chi connectivity index (χ0n) is 26.6. The minimum Gasteiger partial charge on any atom is -0.469 e. The number of amides is 1. The maximum Gasteiger partial charge on any atom is 0.250 e. The molecule has 3 aliphatic heterocycles. The third-order valence-corrected chi connectivity index (χ3v) is 10.8. The minimum atomic E-state index is -1.40. The summed E-state index contributed by atoms with van der Waals surface area (Å²) < 4.78 is 19.4. The third-order valence-electron chi connectivity index (χ3n) is 10.4. The van der Waals surface area contributed by atoms with Crippen molar-refractivity contribution in [2.45, 2.75) is 89.0 Å². The smallest absolute Gasteiger partial charge is 0.250 e. The van der Waals surface area contributed by atoms with Crippen LogP contribution in [0.2, 0.25) is 5.22 Å². The average molecular weight is 657 g/mol. The fourth-order valence-electron chi connectivity index (χ4n) is 7.87. The second-order valence-electron chi connectivity index (χ2n) is 13.8. The molecule has 8 rings (SSSR count). The number of ketones is 1. The Morgan fingerprint density at radius 3 is 2.60 bits per heavy atom. The standard InChI is InChI=1S/C36H37ClN4O6/c1-18(2)27-32-41-28(33-38-19(3)30(37)47-33)29(46-32)36-22-9-5-6-10-24(22)39-34(36)45-25-12-11-20(16-23(25)36)15-21(31(43)40-27)17-26(42)35(44)13-7-4-8-14-35/h5-6,9-12,16,18,21,27,34,39,44H,4,7-8,13-15,17H2,1-3H3,(H,40,43)/t21?,27-,34-,36?/m0/s1. The number of aromatic nitrogens is 2. The molecule has 0 radical (unpaired) electrons. The summed E-state index contributed by atoms with van der Waals surface area (Å²) in [6.45, 7) is 5.71. The van der Waals surface area contributed by atoms with E-state index >= 15 is 0 Å². The molecule has 1 amide bonds. The van der Waals surface area contributed by atoms with Crippen LogP contribution in [0, 0.1) is 18.8 Å². The molecule has 3 N–H and O–H groups in total. The molecule has 0 saturated heterocycles. The van der Waals surface area contributed by atoms with Crippen LogP contribution in [0.5, 0.6) is 5.75 Å². The molecule has 2 aromatic carbocycles. The van der Waals surface area contributed by atoms with Crippen LogP contribution in [-0.4, -0.2) is 38.6 Å². The van der Waals surface area contributed by atoms with Crippen LogP contribution in [0.3, 0.4) is 0 Å². The Balaban J connectivity index is 1.34. The Morgan fingerprint density at radius 2 is 1.85 bits per heavy atom. The van der Waals surface area contributed by atoms with Crippen molar-refractivity contribution in [3.05, 3.63) is 81.7 Å². The summed E-state index contributed by atoms with van der Waals surface area (Å²) in [7, 11) is 0. The SMILES string of the molecule is Cc1nc(-c2nc3oc2C24c5ccccc5N[C@H]2Oc2ccc(cc24)CC(CC(=O)C2(O)CCCCC2)C(=O)N[C@H]3C(C)C)oc1Cl. The molecule has 2 unspecified atom stereocenters. The number of anilines is 1. The van der Waals surface area contributed by atoms with Gasteiger partial charge in [-0.1, -0.05) is 63.4 Å². The van der Waals surface area contributed by atoms with E-state index in [1.54, 1.807) is 6.92 Å². The van der Waals surface area contributed by atoms with E-state index < -0.39 is 29.2 Å². The van der Waals surface area contributed by atoms with E-state index in [0.29, 0.717) is 42.2 Å². The second-order valence-corrected chi connectivity index (χ2v) is 14.1. The van der Waals surface area contributed by atoms with Crippen molar-refractivity contribution in [1.82, 2.24) is 15.3 Å². The van der Waals surface area contributed by atoms with Gasteiger partial charge in [0.15, 0.2) is 23.5 Å². The highest BCUT2D eigenvalue weighted by molar-refractivity contribution is 6.29. The summed E-state index contributed by atoms with van der Waals surface area (Å²) in [4.78, 5) is 37.4. The molecule has 2 aromatic heterocycles. The number of oxazole rings is 2. The first-order valence-electron chi connectivity index (χ1n) is 16.4. The minimum absolute atomic E-state index is 0.0743. The lowest BCUT2D eigenvalue weighted by Crippen LogP contribution is -2.44. The molecule has 1 spiro atoms. The fraction of sp³-hybridized carbons (Fsp3) is 0.444. The fourth-order valence-corrected chi connectivity index (χ4v) is 7.99. The lowest BCUT2D eigenvalue weighted by atomic mass is 9.72. The van der Waals surface area contributed by atoms with Gasteiger partial charge in [-0.2, -0.15) is 0 Å². The van der Waals surface area contributed by atoms with Crippen LogP contribution < -0.4 is 15.4 Å². The predicted octanol–water partition coefficient (Wildman–Crippen LogP) is 6.41. The molecular formula is C36H37ClN4O6. The number of hydrogen-bond acceptors (Lipinski definition) is 9. The molecule has 4 atom stereocenters. The van der Waals surface area contributed by atoms with Gasteiger partial charge >= 0.3 is 0 Å². The van der Waals surface area contributed by atoms with Crippen molar-refractivity contribution in [2.24, 2.45) is 11.8 Å². The summed E-state index contributed by atoms with van der Waals surface area (Å²) in [5.74, 6) is 0.176. The molecule has 1 saturated carbocycles. The number of nitrogens with zero attached hydrogens (tertiary/aromatic N) is 2. The molecule has 244 valence electrons. The number of Topliss-reactive ketones (excluding diaryl/α,β-unsaturated/α-hetero) is 1. The highest BCUT2D eigenvalue weighted by atomic mass is 35.5. The van der Waals surface area contributed by atoms with Crippen LogP contribution in [0.1, 0.15) is 92.4 Å². The zero-order chi connectivity index (χ0) is 32.7.